The number of primary amides is 1. The number of fused-ring (bicyclic) bond motifs is 4. The number of hydrogen-bond donors (Lipinski definition) is 2. The molecule has 0 aliphatic carbocycles. The molecule has 2 aromatic carbocycles. The third-order valence-electron chi connectivity index (χ3n) is 5.85. The molecule has 2 amide bonds. The lowest BCUT2D eigenvalue weighted by atomic mass is 10.0. The van der Waals surface area contributed by atoms with Crippen LogP contribution >= 0.6 is 0 Å². The van der Waals surface area contributed by atoms with Crippen molar-refractivity contribution in [1.82, 2.24) is 19.3 Å². The second kappa shape index (κ2) is 7.33. The largest absolute Gasteiger partial charge is 0.491 e. The number of benzene rings is 2. The summed E-state index contributed by atoms with van der Waals surface area (Å²) in [5.41, 5.74) is 12.4. The van der Waals surface area contributed by atoms with Gasteiger partial charge in [-0.3, -0.25) is 14.0 Å². The highest BCUT2D eigenvalue weighted by atomic mass is 19.4. The molecule has 2 aromatic heterocycles. The minimum absolute atomic E-state index is 0.0261. The van der Waals surface area contributed by atoms with Gasteiger partial charge in [-0.1, -0.05) is 6.07 Å². The number of nitrogens with zero attached hydrogens (tertiary/aromatic N) is 4. The Kier molecular flexibility index (Phi) is 4.64. The quantitative estimate of drug-likeness (QED) is 0.474. The predicted octanol–water partition coefficient (Wildman–Crippen LogP) is 2.79. The first-order chi connectivity index (χ1) is 16.1. The lowest BCUT2D eigenvalue weighted by Gasteiger charge is -2.24. The summed E-state index contributed by atoms with van der Waals surface area (Å²) in [5.74, 6) is -0.996. The summed E-state index contributed by atoms with van der Waals surface area (Å²) in [6.07, 6.45) is -3.12. The molecule has 4 aromatic rings. The fourth-order valence-corrected chi connectivity index (χ4v) is 4.12. The van der Waals surface area contributed by atoms with Gasteiger partial charge in [0.15, 0.2) is 11.5 Å². The fourth-order valence-electron chi connectivity index (χ4n) is 4.12. The van der Waals surface area contributed by atoms with Gasteiger partial charge in [0.25, 0.3) is 11.8 Å². The van der Waals surface area contributed by atoms with E-state index in [1.54, 1.807) is 25.2 Å². The SMILES string of the molecule is CN(C(=O)c1ccc2nc(N)c3c(C(N)=O)ncn3c2c1)[C@@H]1COc2cc(C(F)(F)F)ccc21. The van der Waals surface area contributed by atoms with Gasteiger partial charge in [0.2, 0.25) is 0 Å². The topological polar surface area (TPSA) is 129 Å². The monoisotopic (exact) mass is 470 g/mol. The number of nitrogens with two attached hydrogens (primary N) is 2. The molecule has 0 bridgehead atoms. The van der Waals surface area contributed by atoms with Crippen LogP contribution in [0.4, 0.5) is 19.0 Å². The van der Waals surface area contributed by atoms with Crippen molar-refractivity contribution in [3.05, 3.63) is 65.1 Å². The molecular weight excluding hydrogens is 453 g/mol. The van der Waals surface area contributed by atoms with Gasteiger partial charge < -0.3 is 21.1 Å². The van der Waals surface area contributed by atoms with E-state index in [2.05, 4.69) is 9.97 Å². The van der Waals surface area contributed by atoms with Gasteiger partial charge in [0, 0.05) is 18.2 Å². The summed E-state index contributed by atoms with van der Waals surface area (Å²) in [4.78, 5) is 34.6. The second-order valence-electron chi connectivity index (χ2n) is 7.87. The van der Waals surface area contributed by atoms with E-state index >= 15 is 0 Å². The first kappa shape index (κ1) is 21.5. The number of rotatable bonds is 3. The fraction of sp³-hybridized carbons (Fsp3) is 0.182. The Morgan fingerprint density at radius 2 is 1.97 bits per heavy atom. The van der Waals surface area contributed by atoms with Gasteiger partial charge in [0.1, 0.15) is 24.2 Å². The van der Waals surface area contributed by atoms with E-state index in [1.165, 1.54) is 21.7 Å². The molecule has 12 heteroatoms. The molecule has 0 saturated heterocycles. The van der Waals surface area contributed by atoms with Crippen LogP contribution in [0.3, 0.4) is 0 Å². The predicted molar refractivity (Wildman–Crippen MR) is 115 cm³/mol. The molecule has 9 nitrogen and oxygen atoms in total. The Labute approximate surface area is 189 Å². The minimum atomic E-state index is -4.49. The molecule has 1 aliphatic heterocycles. The van der Waals surface area contributed by atoms with Crippen molar-refractivity contribution < 1.29 is 27.5 Å². The number of hydrogen-bond acceptors (Lipinski definition) is 6. The standard InChI is InChI=1S/C22H17F3N6O3/c1-30(15-8-34-16-7-11(22(23,24)25)3-4-12(15)16)21(33)10-2-5-13-14(6-10)31-9-28-17(20(27)32)18(31)19(26)29-13/h2-7,9,15H,8H2,1H3,(H2,26,29)(H2,27,32)/t15-/m1/s1. The summed E-state index contributed by atoms with van der Waals surface area (Å²) in [6, 6.07) is 7.40. The average molecular weight is 470 g/mol. The third-order valence-corrected chi connectivity index (χ3v) is 5.85. The summed E-state index contributed by atoms with van der Waals surface area (Å²) in [7, 11) is 1.55. The summed E-state index contributed by atoms with van der Waals surface area (Å²) in [5, 5.41) is 0. The molecule has 3 heterocycles. The van der Waals surface area contributed by atoms with E-state index < -0.39 is 23.7 Å². The lowest BCUT2D eigenvalue weighted by molar-refractivity contribution is -0.137. The summed E-state index contributed by atoms with van der Waals surface area (Å²) < 4.78 is 46.0. The van der Waals surface area contributed by atoms with E-state index in [-0.39, 0.29) is 40.9 Å². The van der Waals surface area contributed by atoms with Crippen LogP contribution < -0.4 is 16.2 Å². The Balaban J connectivity index is 1.51. The van der Waals surface area contributed by atoms with Gasteiger partial charge in [-0.05, 0) is 30.3 Å². The van der Waals surface area contributed by atoms with Gasteiger partial charge in [-0.2, -0.15) is 13.2 Å². The molecule has 34 heavy (non-hydrogen) atoms. The maximum Gasteiger partial charge on any atom is 0.416 e. The van der Waals surface area contributed by atoms with Crippen LogP contribution in [0.15, 0.2) is 42.7 Å². The van der Waals surface area contributed by atoms with Crippen molar-refractivity contribution in [3.8, 4) is 5.75 Å². The maximum absolute atomic E-state index is 13.3. The third kappa shape index (κ3) is 3.26. The van der Waals surface area contributed by atoms with E-state index in [9.17, 15) is 22.8 Å². The molecule has 5 rings (SSSR count). The number of imidazole rings is 1. The number of ether oxygens (including phenoxy) is 1. The van der Waals surface area contributed by atoms with Crippen molar-refractivity contribution in [2.24, 2.45) is 5.73 Å². The average Bonchev–Trinajstić information content (AvgIpc) is 3.42. The molecule has 0 spiro atoms. The van der Waals surface area contributed by atoms with Crippen LogP contribution in [0.5, 0.6) is 5.75 Å². The van der Waals surface area contributed by atoms with Crippen LogP contribution in [0.25, 0.3) is 16.6 Å². The number of halogens is 3. The van der Waals surface area contributed by atoms with Gasteiger partial charge >= 0.3 is 6.18 Å². The summed E-state index contributed by atoms with van der Waals surface area (Å²) >= 11 is 0. The second-order valence-corrected chi connectivity index (χ2v) is 7.87. The molecule has 0 radical (unpaired) electrons. The number of alkyl halides is 3. The van der Waals surface area contributed by atoms with Crippen LogP contribution in [0, 0.1) is 0 Å². The number of carbonyl (C=O) groups is 2. The lowest BCUT2D eigenvalue weighted by Crippen LogP contribution is -2.32. The van der Waals surface area contributed by atoms with Crippen molar-refractivity contribution in [3.63, 3.8) is 0 Å². The zero-order valence-electron chi connectivity index (χ0n) is 17.6. The highest BCUT2D eigenvalue weighted by Crippen LogP contribution is 2.40. The Morgan fingerprint density at radius 1 is 1.21 bits per heavy atom. The number of nitrogen functional groups attached to an aromatic ring is 1. The van der Waals surface area contributed by atoms with Gasteiger partial charge in [0.05, 0.1) is 22.6 Å². The Bertz CT molecular complexity index is 1500. The van der Waals surface area contributed by atoms with Gasteiger partial charge in [-0.15, -0.1) is 0 Å². The molecule has 174 valence electrons. The molecule has 1 aliphatic rings. The van der Waals surface area contributed by atoms with E-state index in [0.29, 0.717) is 16.6 Å². The number of amides is 2. The van der Waals surface area contributed by atoms with Crippen LogP contribution in [-0.4, -0.2) is 44.7 Å². The van der Waals surface area contributed by atoms with Crippen LogP contribution in [-0.2, 0) is 6.18 Å². The van der Waals surface area contributed by atoms with E-state index in [1.807, 2.05) is 0 Å². The Morgan fingerprint density at radius 3 is 2.68 bits per heavy atom. The molecule has 0 saturated carbocycles. The van der Waals surface area contributed by atoms with Gasteiger partial charge in [-0.25, -0.2) is 9.97 Å². The zero-order chi connectivity index (χ0) is 24.4. The van der Waals surface area contributed by atoms with Crippen molar-refractivity contribution in [2.45, 2.75) is 12.2 Å². The molecule has 0 fully saturated rings. The first-order valence-corrected chi connectivity index (χ1v) is 10.0. The van der Waals surface area contributed by atoms with Crippen LogP contribution in [0.1, 0.15) is 38.0 Å². The smallest absolute Gasteiger partial charge is 0.416 e. The Hall–Kier alpha value is -4.35. The van der Waals surface area contributed by atoms with E-state index in [0.717, 1.165) is 12.1 Å². The first-order valence-electron chi connectivity index (χ1n) is 10.0. The van der Waals surface area contributed by atoms with Crippen LogP contribution in [0.2, 0.25) is 0 Å². The number of carbonyl (C=O) groups excluding carboxylic acids is 2. The highest BCUT2D eigenvalue weighted by Gasteiger charge is 2.36. The minimum Gasteiger partial charge on any atom is -0.491 e. The highest BCUT2D eigenvalue weighted by molar-refractivity contribution is 6.03. The van der Waals surface area contributed by atoms with Crippen molar-refractivity contribution >= 4 is 34.2 Å². The zero-order valence-corrected chi connectivity index (χ0v) is 17.6. The number of aromatic nitrogens is 3. The molecular formula is C22H17F3N6O3. The van der Waals surface area contributed by atoms with Crippen molar-refractivity contribution in [2.75, 3.05) is 19.4 Å². The molecule has 1 atom stereocenters. The van der Waals surface area contributed by atoms with E-state index in [4.69, 9.17) is 16.2 Å². The molecule has 0 unspecified atom stereocenters. The molecule has 4 N–H and O–H groups in total. The summed E-state index contributed by atoms with van der Waals surface area (Å²) in [6.45, 7) is 0.0261. The normalized spacial score (nSPS) is 15.4. The maximum atomic E-state index is 13.3. The number of anilines is 1. The number of likely N-dealkylation sites (N-methyl/N-ethyl adjacent to an activating group) is 1. The van der Waals surface area contributed by atoms with Crippen molar-refractivity contribution in [1.29, 1.82) is 0 Å².